The molecule has 124 valence electrons. The Morgan fingerprint density at radius 1 is 1.20 bits per heavy atom. The first-order chi connectivity index (χ1) is 12.3. The van der Waals surface area contributed by atoms with Gasteiger partial charge in [0.2, 0.25) is 0 Å². The number of H-pyrrole nitrogens is 1. The van der Waals surface area contributed by atoms with E-state index < -0.39 is 0 Å². The van der Waals surface area contributed by atoms with Gasteiger partial charge in [0.1, 0.15) is 5.82 Å². The van der Waals surface area contributed by atoms with E-state index in [0.717, 1.165) is 27.9 Å². The molecule has 0 saturated heterocycles. The van der Waals surface area contributed by atoms with Gasteiger partial charge >= 0.3 is 0 Å². The Hall–Kier alpha value is -3.15. The van der Waals surface area contributed by atoms with Crippen molar-refractivity contribution >= 4 is 28.0 Å². The first-order valence-electron chi connectivity index (χ1n) is 8.47. The number of hydrogen-bond donors (Lipinski definition) is 2. The average Bonchev–Trinajstić information content (AvgIpc) is 3.24. The molecule has 1 fully saturated rings. The molecule has 5 rings (SSSR count). The number of amides is 1. The molecule has 2 heterocycles. The summed E-state index contributed by atoms with van der Waals surface area (Å²) in [5, 5.41) is 3.00. The summed E-state index contributed by atoms with van der Waals surface area (Å²) in [6.45, 7) is 0.422. The summed E-state index contributed by atoms with van der Waals surface area (Å²) in [7, 11) is 0. The number of carbonyl (C=O) groups excluding carboxylic acids is 1. The largest absolute Gasteiger partial charge is 0.345 e. The van der Waals surface area contributed by atoms with Crippen LogP contribution in [0.4, 0.5) is 0 Å². The Morgan fingerprint density at radius 3 is 2.96 bits per heavy atom. The molecule has 2 aromatic heterocycles. The molecular formula is C19H17N5O. The van der Waals surface area contributed by atoms with E-state index in [2.05, 4.69) is 25.9 Å². The second-order valence-corrected chi connectivity index (χ2v) is 6.44. The number of rotatable bonds is 4. The lowest BCUT2D eigenvalue weighted by Crippen LogP contribution is -2.24. The van der Waals surface area contributed by atoms with Gasteiger partial charge in [-0.1, -0.05) is 12.1 Å². The molecule has 0 aliphatic heterocycles. The minimum absolute atomic E-state index is 0.106. The molecule has 1 saturated carbocycles. The lowest BCUT2D eigenvalue weighted by atomic mass is 10.2. The van der Waals surface area contributed by atoms with Crippen molar-refractivity contribution in [3.63, 3.8) is 0 Å². The van der Waals surface area contributed by atoms with E-state index >= 15 is 0 Å². The second kappa shape index (κ2) is 5.44. The Balaban J connectivity index is 1.41. The first-order valence-corrected chi connectivity index (χ1v) is 8.47. The van der Waals surface area contributed by atoms with Gasteiger partial charge in [-0.2, -0.15) is 0 Å². The smallest absolute Gasteiger partial charge is 0.251 e. The summed E-state index contributed by atoms with van der Waals surface area (Å²) in [6.07, 6.45) is 3.99. The number of imidazole rings is 2. The third-order valence-electron chi connectivity index (χ3n) is 4.67. The fraction of sp³-hybridized carbons (Fsp3) is 0.211. The van der Waals surface area contributed by atoms with Crippen LogP contribution in [0.2, 0.25) is 0 Å². The highest BCUT2D eigenvalue weighted by Gasteiger charge is 2.28. The van der Waals surface area contributed by atoms with Crippen LogP contribution in [0.3, 0.4) is 0 Å². The van der Waals surface area contributed by atoms with E-state index in [9.17, 15) is 4.79 Å². The van der Waals surface area contributed by atoms with E-state index in [-0.39, 0.29) is 5.91 Å². The SMILES string of the molecule is O=C(NCc1nc2ccccc2n1C1CC1)c1ccc2nc[nH]c2c1. The van der Waals surface area contributed by atoms with Gasteiger partial charge in [-0.3, -0.25) is 4.79 Å². The number of aromatic amines is 1. The van der Waals surface area contributed by atoms with Crippen molar-refractivity contribution in [3.8, 4) is 0 Å². The number of para-hydroxylation sites is 2. The summed E-state index contributed by atoms with van der Waals surface area (Å²) in [6, 6.07) is 14.1. The summed E-state index contributed by atoms with van der Waals surface area (Å²) in [4.78, 5) is 24.4. The third kappa shape index (κ3) is 2.46. The van der Waals surface area contributed by atoms with Crippen LogP contribution >= 0.6 is 0 Å². The van der Waals surface area contributed by atoms with Crippen molar-refractivity contribution in [1.82, 2.24) is 24.8 Å². The minimum Gasteiger partial charge on any atom is -0.345 e. The molecule has 6 nitrogen and oxygen atoms in total. The number of carbonyl (C=O) groups is 1. The molecule has 0 unspecified atom stereocenters. The van der Waals surface area contributed by atoms with Crippen LogP contribution in [-0.2, 0) is 6.54 Å². The Kier molecular flexibility index (Phi) is 3.09. The fourth-order valence-electron chi connectivity index (χ4n) is 3.30. The zero-order valence-electron chi connectivity index (χ0n) is 13.6. The quantitative estimate of drug-likeness (QED) is 0.603. The monoisotopic (exact) mass is 331 g/mol. The van der Waals surface area contributed by atoms with Crippen LogP contribution in [0.25, 0.3) is 22.1 Å². The van der Waals surface area contributed by atoms with Crippen molar-refractivity contribution in [2.24, 2.45) is 0 Å². The highest BCUT2D eigenvalue weighted by atomic mass is 16.1. The zero-order chi connectivity index (χ0) is 16.8. The molecule has 6 heteroatoms. The molecule has 0 atom stereocenters. The van der Waals surface area contributed by atoms with E-state index in [0.29, 0.717) is 18.2 Å². The number of hydrogen-bond acceptors (Lipinski definition) is 3. The van der Waals surface area contributed by atoms with Crippen molar-refractivity contribution < 1.29 is 4.79 Å². The number of benzene rings is 2. The number of fused-ring (bicyclic) bond motifs is 2. The van der Waals surface area contributed by atoms with Gasteiger partial charge in [-0.25, -0.2) is 9.97 Å². The number of aromatic nitrogens is 4. The first kappa shape index (κ1) is 14.2. The lowest BCUT2D eigenvalue weighted by molar-refractivity contribution is 0.0949. The zero-order valence-corrected chi connectivity index (χ0v) is 13.6. The summed E-state index contributed by atoms with van der Waals surface area (Å²) in [5.74, 6) is 0.811. The molecule has 25 heavy (non-hydrogen) atoms. The van der Waals surface area contributed by atoms with Crippen molar-refractivity contribution in [1.29, 1.82) is 0 Å². The topological polar surface area (TPSA) is 75.6 Å². The van der Waals surface area contributed by atoms with Crippen LogP contribution in [0.15, 0.2) is 48.8 Å². The van der Waals surface area contributed by atoms with Gasteiger partial charge in [0.25, 0.3) is 5.91 Å². The Labute approximate surface area is 143 Å². The molecule has 0 spiro atoms. The molecule has 1 amide bonds. The fourth-order valence-corrected chi connectivity index (χ4v) is 3.30. The predicted molar refractivity (Wildman–Crippen MR) is 95.3 cm³/mol. The summed E-state index contributed by atoms with van der Waals surface area (Å²) >= 11 is 0. The molecular weight excluding hydrogens is 314 g/mol. The second-order valence-electron chi connectivity index (χ2n) is 6.44. The van der Waals surface area contributed by atoms with Crippen molar-refractivity contribution in [3.05, 3.63) is 60.2 Å². The molecule has 2 aromatic carbocycles. The molecule has 1 aliphatic carbocycles. The van der Waals surface area contributed by atoms with Crippen LogP contribution in [0.1, 0.15) is 35.1 Å². The third-order valence-corrected chi connectivity index (χ3v) is 4.67. The van der Waals surface area contributed by atoms with Crippen LogP contribution in [0.5, 0.6) is 0 Å². The van der Waals surface area contributed by atoms with Gasteiger partial charge < -0.3 is 14.9 Å². The van der Waals surface area contributed by atoms with Crippen LogP contribution < -0.4 is 5.32 Å². The molecule has 1 aliphatic rings. The number of nitrogens with zero attached hydrogens (tertiary/aromatic N) is 3. The van der Waals surface area contributed by atoms with E-state index in [1.807, 2.05) is 30.3 Å². The van der Waals surface area contributed by atoms with Crippen LogP contribution in [0, 0.1) is 0 Å². The Morgan fingerprint density at radius 2 is 2.08 bits per heavy atom. The van der Waals surface area contributed by atoms with Gasteiger partial charge in [0, 0.05) is 11.6 Å². The van der Waals surface area contributed by atoms with Gasteiger partial charge in [0.15, 0.2) is 0 Å². The maximum Gasteiger partial charge on any atom is 0.251 e. The maximum atomic E-state index is 12.5. The molecule has 4 aromatic rings. The molecule has 2 N–H and O–H groups in total. The van der Waals surface area contributed by atoms with E-state index in [1.165, 1.54) is 12.8 Å². The number of nitrogens with one attached hydrogen (secondary N) is 2. The Bertz CT molecular complexity index is 1090. The van der Waals surface area contributed by atoms with Gasteiger partial charge in [-0.15, -0.1) is 0 Å². The summed E-state index contributed by atoms with van der Waals surface area (Å²) in [5.41, 5.74) is 4.46. The normalized spacial score (nSPS) is 14.2. The van der Waals surface area contributed by atoms with Crippen molar-refractivity contribution in [2.75, 3.05) is 0 Å². The molecule has 0 radical (unpaired) electrons. The lowest BCUT2D eigenvalue weighted by Gasteiger charge is -2.09. The minimum atomic E-state index is -0.106. The van der Waals surface area contributed by atoms with Crippen molar-refractivity contribution in [2.45, 2.75) is 25.4 Å². The molecule has 0 bridgehead atoms. The maximum absolute atomic E-state index is 12.5. The van der Waals surface area contributed by atoms with E-state index in [4.69, 9.17) is 4.98 Å². The highest BCUT2D eigenvalue weighted by Crippen LogP contribution is 2.38. The van der Waals surface area contributed by atoms with E-state index in [1.54, 1.807) is 12.4 Å². The van der Waals surface area contributed by atoms with Gasteiger partial charge in [0.05, 0.1) is 34.9 Å². The predicted octanol–water partition coefficient (Wildman–Crippen LogP) is 3.18. The van der Waals surface area contributed by atoms with Gasteiger partial charge in [-0.05, 0) is 43.2 Å². The standard InChI is InChI=1S/C19H17N5O/c25-19(12-5-8-14-16(9-12)22-11-21-14)20-10-18-23-15-3-1-2-4-17(15)24(18)13-6-7-13/h1-5,8-9,11,13H,6-7,10H2,(H,20,25)(H,21,22). The average molecular weight is 331 g/mol. The summed E-state index contributed by atoms with van der Waals surface area (Å²) < 4.78 is 2.27. The highest BCUT2D eigenvalue weighted by molar-refractivity contribution is 5.97. The van der Waals surface area contributed by atoms with Crippen LogP contribution in [-0.4, -0.2) is 25.4 Å².